The van der Waals surface area contributed by atoms with Crippen LogP contribution in [0.1, 0.15) is 17.5 Å². The number of rotatable bonds is 4. The molecule has 1 unspecified atom stereocenters. The van der Waals surface area contributed by atoms with E-state index in [-0.39, 0.29) is 25.5 Å². The van der Waals surface area contributed by atoms with Crippen LogP contribution in [0.5, 0.6) is 0 Å². The molecule has 1 N–H and O–H groups in total. The van der Waals surface area contributed by atoms with E-state index in [1.54, 1.807) is 4.90 Å². The first-order valence-electron chi connectivity index (χ1n) is 8.46. The van der Waals surface area contributed by atoms with Gasteiger partial charge < -0.3 is 14.7 Å². The van der Waals surface area contributed by atoms with Crippen LogP contribution in [0, 0.1) is 5.92 Å². The number of carbonyl (C=O) groups is 2. The van der Waals surface area contributed by atoms with Gasteiger partial charge in [-0.15, -0.1) is 0 Å². The van der Waals surface area contributed by atoms with E-state index >= 15 is 0 Å². The average molecular weight is 337 g/mol. The van der Waals surface area contributed by atoms with E-state index in [9.17, 15) is 9.59 Å². The summed E-state index contributed by atoms with van der Waals surface area (Å²) < 4.78 is 4.96. The summed E-state index contributed by atoms with van der Waals surface area (Å²) in [7, 11) is 0. The maximum absolute atomic E-state index is 12.4. The molecule has 25 heavy (non-hydrogen) atoms. The Kier molecular flexibility index (Phi) is 4.01. The molecule has 0 radical (unpaired) electrons. The Morgan fingerprint density at radius 3 is 2.80 bits per heavy atom. The standard InChI is InChI=1S/C20H19NO4/c22-7-8-25-20(24)15-11-19(23)21(12-15)16-5-6-18-14(10-16)9-13-3-1-2-4-17(13)18/h1-6,10,15,22H,7-9,11-12H2. The molecule has 5 heteroatoms. The highest BCUT2D eigenvalue weighted by Gasteiger charge is 2.36. The number of aliphatic hydroxyl groups excluding tert-OH is 1. The summed E-state index contributed by atoms with van der Waals surface area (Å²) in [6, 6.07) is 14.4. The minimum atomic E-state index is -0.468. The fourth-order valence-corrected chi connectivity index (χ4v) is 3.68. The number of hydrogen-bond acceptors (Lipinski definition) is 4. The molecule has 0 spiro atoms. The monoisotopic (exact) mass is 337 g/mol. The molecular formula is C20H19NO4. The number of anilines is 1. The quantitative estimate of drug-likeness (QED) is 0.741. The van der Waals surface area contributed by atoms with E-state index in [0.29, 0.717) is 6.54 Å². The summed E-state index contributed by atoms with van der Waals surface area (Å²) in [6.45, 7) is 0.0942. The van der Waals surface area contributed by atoms with Crippen LogP contribution in [0.4, 0.5) is 5.69 Å². The molecule has 1 saturated heterocycles. The molecule has 5 nitrogen and oxygen atoms in total. The topological polar surface area (TPSA) is 66.8 Å². The van der Waals surface area contributed by atoms with Crippen LogP contribution in [0.15, 0.2) is 42.5 Å². The predicted molar refractivity (Wildman–Crippen MR) is 93.2 cm³/mol. The van der Waals surface area contributed by atoms with Crippen LogP contribution in [-0.4, -0.2) is 36.7 Å². The molecule has 0 bridgehead atoms. The van der Waals surface area contributed by atoms with Crippen molar-refractivity contribution in [2.24, 2.45) is 5.92 Å². The number of ether oxygens (including phenoxy) is 1. The fraction of sp³-hybridized carbons (Fsp3) is 0.300. The highest BCUT2D eigenvalue weighted by molar-refractivity contribution is 6.00. The van der Waals surface area contributed by atoms with Crippen molar-refractivity contribution in [1.29, 1.82) is 0 Å². The predicted octanol–water partition coefficient (Wildman–Crippen LogP) is 2.15. The Morgan fingerprint density at radius 1 is 1.16 bits per heavy atom. The molecule has 2 aromatic carbocycles. The zero-order valence-electron chi connectivity index (χ0n) is 13.8. The molecule has 1 amide bonds. The molecule has 2 aromatic rings. The molecule has 1 fully saturated rings. The van der Waals surface area contributed by atoms with Crippen molar-refractivity contribution in [3.05, 3.63) is 53.6 Å². The lowest BCUT2D eigenvalue weighted by molar-refractivity contribution is -0.149. The van der Waals surface area contributed by atoms with Gasteiger partial charge in [-0.2, -0.15) is 0 Å². The van der Waals surface area contributed by atoms with Gasteiger partial charge in [-0.25, -0.2) is 0 Å². The summed E-state index contributed by atoms with van der Waals surface area (Å²) in [5.41, 5.74) is 5.80. The minimum Gasteiger partial charge on any atom is -0.463 e. The van der Waals surface area contributed by atoms with Crippen LogP contribution in [0.25, 0.3) is 11.1 Å². The second-order valence-electron chi connectivity index (χ2n) is 6.47. The number of amides is 1. The third kappa shape index (κ3) is 2.81. The second-order valence-corrected chi connectivity index (χ2v) is 6.47. The number of nitrogens with zero attached hydrogens (tertiary/aromatic N) is 1. The summed E-state index contributed by atoms with van der Waals surface area (Å²) in [6.07, 6.45) is 1.02. The summed E-state index contributed by atoms with van der Waals surface area (Å²) in [5.74, 6) is -0.954. The molecule has 0 saturated carbocycles. The van der Waals surface area contributed by atoms with Crippen LogP contribution >= 0.6 is 0 Å². The van der Waals surface area contributed by atoms with E-state index in [0.717, 1.165) is 12.1 Å². The van der Waals surface area contributed by atoms with Gasteiger partial charge in [0.2, 0.25) is 5.91 Å². The van der Waals surface area contributed by atoms with Crippen molar-refractivity contribution in [3.8, 4) is 11.1 Å². The normalized spacial score (nSPS) is 18.2. The van der Waals surface area contributed by atoms with E-state index < -0.39 is 11.9 Å². The Balaban J connectivity index is 1.55. The first kappa shape index (κ1) is 15.8. The smallest absolute Gasteiger partial charge is 0.311 e. The first-order valence-corrected chi connectivity index (χ1v) is 8.46. The molecule has 1 heterocycles. The number of hydrogen-bond donors (Lipinski definition) is 1. The molecule has 1 aliphatic heterocycles. The van der Waals surface area contributed by atoms with Gasteiger partial charge in [0.15, 0.2) is 0 Å². The van der Waals surface area contributed by atoms with Gasteiger partial charge >= 0.3 is 5.97 Å². The second kappa shape index (κ2) is 6.33. The van der Waals surface area contributed by atoms with Crippen LogP contribution in [0.2, 0.25) is 0 Å². The molecule has 1 aliphatic carbocycles. The fourth-order valence-electron chi connectivity index (χ4n) is 3.68. The van der Waals surface area contributed by atoms with E-state index in [1.807, 2.05) is 18.2 Å². The van der Waals surface area contributed by atoms with Gasteiger partial charge in [0.1, 0.15) is 6.61 Å². The average Bonchev–Trinajstić information content (AvgIpc) is 3.19. The number of fused-ring (bicyclic) bond motifs is 3. The summed E-state index contributed by atoms with van der Waals surface area (Å²) in [5, 5.41) is 8.75. The zero-order valence-corrected chi connectivity index (χ0v) is 13.8. The molecule has 0 aromatic heterocycles. The lowest BCUT2D eigenvalue weighted by atomic mass is 10.1. The molecule has 1 atom stereocenters. The third-order valence-electron chi connectivity index (χ3n) is 4.88. The summed E-state index contributed by atoms with van der Waals surface area (Å²) in [4.78, 5) is 26.0. The number of esters is 1. The van der Waals surface area contributed by atoms with Gasteiger partial charge in [-0.1, -0.05) is 30.3 Å². The van der Waals surface area contributed by atoms with Crippen molar-refractivity contribution < 1.29 is 19.4 Å². The van der Waals surface area contributed by atoms with E-state index in [2.05, 4.69) is 24.3 Å². The van der Waals surface area contributed by atoms with Gasteiger partial charge in [0, 0.05) is 18.7 Å². The molecule has 2 aliphatic rings. The van der Waals surface area contributed by atoms with Crippen molar-refractivity contribution in [2.75, 3.05) is 24.7 Å². The molecule has 4 rings (SSSR count). The number of aliphatic hydroxyl groups is 1. The van der Waals surface area contributed by atoms with Crippen molar-refractivity contribution in [2.45, 2.75) is 12.8 Å². The minimum absolute atomic E-state index is 0.0272. The summed E-state index contributed by atoms with van der Waals surface area (Å²) >= 11 is 0. The zero-order chi connectivity index (χ0) is 17.4. The Hall–Kier alpha value is -2.66. The maximum Gasteiger partial charge on any atom is 0.311 e. The number of benzene rings is 2. The molecular weight excluding hydrogens is 318 g/mol. The van der Waals surface area contributed by atoms with E-state index in [1.165, 1.54) is 22.3 Å². The first-order chi connectivity index (χ1) is 12.2. The van der Waals surface area contributed by atoms with Gasteiger partial charge in [-0.3, -0.25) is 9.59 Å². The van der Waals surface area contributed by atoms with Crippen LogP contribution < -0.4 is 4.90 Å². The number of carbonyl (C=O) groups excluding carboxylic acids is 2. The van der Waals surface area contributed by atoms with Crippen molar-refractivity contribution >= 4 is 17.6 Å². The molecule has 128 valence electrons. The third-order valence-corrected chi connectivity index (χ3v) is 4.88. The van der Waals surface area contributed by atoms with Crippen LogP contribution in [-0.2, 0) is 20.7 Å². The highest BCUT2D eigenvalue weighted by Crippen LogP contribution is 2.39. The lowest BCUT2D eigenvalue weighted by Gasteiger charge is -2.17. The maximum atomic E-state index is 12.4. The van der Waals surface area contributed by atoms with E-state index in [4.69, 9.17) is 9.84 Å². The van der Waals surface area contributed by atoms with Gasteiger partial charge in [-0.05, 0) is 40.8 Å². The SMILES string of the molecule is O=C(OCCO)C1CC(=O)N(c2ccc3c(c2)Cc2ccccc2-3)C1. The Labute approximate surface area is 145 Å². The largest absolute Gasteiger partial charge is 0.463 e. The van der Waals surface area contributed by atoms with Crippen LogP contribution in [0.3, 0.4) is 0 Å². The highest BCUT2D eigenvalue weighted by atomic mass is 16.5. The van der Waals surface area contributed by atoms with Gasteiger partial charge in [0.05, 0.1) is 12.5 Å². The van der Waals surface area contributed by atoms with Crippen molar-refractivity contribution in [3.63, 3.8) is 0 Å². The van der Waals surface area contributed by atoms with Gasteiger partial charge in [0.25, 0.3) is 0 Å². The van der Waals surface area contributed by atoms with Crippen molar-refractivity contribution in [1.82, 2.24) is 0 Å². The lowest BCUT2D eigenvalue weighted by Crippen LogP contribution is -2.26. The Morgan fingerprint density at radius 2 is 1.96 bits per heavy atom. The Bertz CT molecular complexity index is 845.